The number of thiophene rings is 1. The van der Waals surface area contributed by atoms with Crippen LogP contribution in [0.15, 0.2) is 40.6 Å². The van der Waals surface area contributed by atoms with E-state index in [2.05, 4.69) is 5.32 Å². The van der Waals surface area contributed by atoms with E-state index >= 15 is 0 Å². The Labute approximate surface area is 120 Å². The van der Waals surface area contributed by atoms with Gasteiger partial charge in [0.15, 0.2) is 9.84 Å². The van der Waals surface area contributed by atoms with Crippen LogP contribution in [0.1, 0.15) is 15.9 Å². The van der Waals surface area contributed by atoms with Crippen LogP contribution in [0.5, 0.6) is 0 Å². The number of nitrogens with zero attached hydrogens (tertiary/aromatic N) is 1. The molecule has 0 fully saturated rings. The summed E-state index contributed by atoms with van der Waals surface area (Å²) in [7, 11) is -3.28. The molecule has 1 N–H and O–H groups in total. The molecule has 20 heavy (non-hydrogen) atoms. The van der Waals surface area contributed by atoms with E-state index in [0.29, 0.717) is 16.1 Å². The number of benzene rings is 1. The molecule has 0 aliphatic heterocycles. The van der Waals surface area contributed by atoms with Crippen molar-refractivity contribution < 1.29 is 13.2 Å². The number of nitriles is 1. The highest BCUT2D eigenvalue weighted by atomic mass is 32.2. The fourth-order valence-corrected chi connectivity index (χ4v) is 2.89. The molecule has 2 rings (SSSR count). The summed E-state index contributed by atoms with van der Waals surface area (Å²) in [5, 5.41) is 13.7. The Kier molecular flexibility index (Phi) is 3.88. The highest BCUT2D eigenvalue weighted by Gasteiger charge is 2.12. The van der Waals surface area contributed by atoms with Crippen molar-refractivity contribution >= 4 is 32.1 Å². The van der Waals surface area contributed by atoms with Crippen molar-refractivity contribution in [2.75, 3.05) is 11.6 Å². The number of hydrogen-bond acceptors (Lipinski definition) is 5. The number of anilines is 1. The van der Waals surface area contributed by atoms with Crippen LogP contribution in [0.4, 0.5) is 5.00 Å². The Bertz CT molecular complexity index is 784. The number of nitrogens with one attached hydrogen (secondary N) is 1. The molecule has 0 aliphatic rings. The Balaban J connectivity index is 2.21. The number of amides is 1. The first-order chi connectivity index (χ1) is 9.41. The summed E-state index contributed by atoms with van der Waals surface area (Å²) in [5.41, 5.74) is 0.728. The minimum absolute atomic E-state index is 0.155. The first-order valence-corrected chi connectivity index (χ1v) is 8.28. The molecule has 1 amide bonds. The van der Waals surface area contributed by atoms with Crippen LogP contribution in [0.3, 0.4) is 0 Å². The number of rotatable bonds is 3. The quantitative estimate of drug-likeness (QED) is 0.942. The second kappa shape index (κ2) is 5.45. The fourth-order valence-electron chi connectivity index (χ4n) is 1.52. The standard InChI is InChI=1S/C13H10N2O3S2/c1-20(17,18)11-4-2-9(3-5-11)12(16)15-13-10(8-14)6-7-19-13/h2-7H,1H3,(H,15,16). The molecule has 0 saturated heterocycles. The van der Waals surface area contributed by atoms with Gasteiger partial charge in [-0.05, 0) is 35.7 Å². The third-order valence-corrected chi connectivity index (χ3v) is 4.52. The smallest absolute Gasteiger partial charge is 0.256 e. The van der Waals surface area contributed by atoms with Crippen molar-refractivity contribution in [2.45, 2.75) is 4.90 Å². The molecule has 1 aromatic carbocycles. The molecule has 0 atom stereocenters. The highest BCUT2D eigenvalue weighted by molar-refractivity contribution is 7.90. The number of sulfone groups is 1. The lowest BCUT2D eigenvalue weighted by molar-refractivity contribution is 0.102. The molecule has 7 heteroatoms. The number of hydrogen-bond donors (Lipinski definition) is 1. The zero-order chi connectivity index (χ0) is 14.8. The van der Waals surface area contributed by atoms with Crippen molar-refractivity contribution in [3.8, 4) is 6.07 Å². The Morgan fingerprint density at radius 2 is 1.90 bits per heavy atom. The van der Waals surface area contributed by atoms with Crippen LogP contribution in [0.25, 0.3) is 0 Å². The van der Waals surface area contributed by atoms with Crippen LogP contribution >= 0.6 is 11.3 Å². The van der Waals surface area contributed by atoms with Crippen molar-refractivity contribution in [1.29, 1.82) is 5.26 Å². The second-order valence-corrected chi connectivity index (χ2v) is 6.96. The molecule has 0 radical (unpaired) electrons. The van der Waals surface area contributed by atoms with Crippen LogP contribution in [0.2, 0.25) is 0 Å². The molecule has 1 heterocycles. The van der Waals surface area contributed by atoms with E-state index in [4.69, 9.17) is 5.26 Å². The highest BCUT2D eigenvalue weighted by Crippen LogP contribution is 2.23. The van der Waals surface area contributed by atoms with Crippen LogP contribution in [-0.2, 0) is 9.84 Å². The molecular formula is C13H10N2O3S2. The first kappa shape index (κ1) is 14.2. The normalized spacial score (nSPS) is 10.8. The lowest BCUT2D eigenvalue weighted by Gasteiger charge is -2.04. The lowest BCUT2D eigenvalue weighted by atomic mass is 10.2. The fraction of sp³-hybridized carbons (Fsp3) is 0.0769. The summed E-state index contributed by atoms with van der Waals surface area (Å²) in [6.45, 7) is 0. The van der Waals surface area contributed by atoms with E-state index in [1.54, 1.807) is 11.4 Å². The monoisotopic (exact) mass is 306 g/mol. The Morgan fingerprint density at radius 3 is 2.45 bits per heavy atom. The predicted molar refractivity (Wildman–Crippen MR) is 76.5 cm³/mol. The average molecular weight is 306 g/mol. The molecule has 102 valence electrons. The van der Waals surface area contributed by atoms with Gasteiger partial charge >= 0.3 is 0 Å². The summed E-state index contributed by atoms with van der Waals surface area (Å²) < 4.78 is 22.6. The van der Waals surface area contributed by atoms with E-state index < -0.39 is 9.84 Å². The minimum Gasteiger partial charge on any atom is -0.312 e. The van der Waals surface area contributed by atoms with Gasteiger partial charge in [-0.25, -0.2) is 8.42 Å². The summed E-state index contributed by atoms with van der Waals surface area (Å²) in [5.74, 6) is -0.385. The first-order valence-electron chi connectivity index (χ1n) is 5.51. The van der Waals surface area contributed by atoms with E-state index in [-0.39, 0.29) is 10.8 Å². The van der Waals surface area contributed by atoms with E-state index in [0.717, 1.165) is 6.26 Å². The summed E-state index contributed by atoms with van der Waals surface area (Å²) in [6, 6.07) is 9.23. The zero-order valence-corrected chi connectivity index (χ0v) is 12.1. The van der Waals surface area contributed by atoms with Crippen molar-refractivity contribution in [3.63, 3.8) is 0 Å². The van der Waals surface area contributed by atoms with Gasteiger partial charge < -0.3 is 5.32 Å². The third-order valence-electron chi connectivity index (χ3n) is 2.56. The molecule has 0 unspecified atom stereocenters. The van der Waals surface area contributed by atoms with Gasteiger partial charge in [0.2, 0.25) is 0 Å². The topological polar surface area (TPSA) is 87.0 Å². The Hall–Kier alpha value is -2.17. The maximum Gasteiger partial charge on any atom is 0.256 e. The van der Waals surface area contributed by atoms with Gasteiger partial charge in [-0.2, -0.15) is 5.26 Å². The van der Waals surface area contributed by atoms with Gasteiger partial charge in [0.1, 0.15) is 11.1 Å². The molecule has 0 saturated carbocycles. The maximum atomic E-state index is 12.0. The van der Waals surface area contributed by atoms with Crippen LogP contribution < -0.4 is 5.32 Å². The molecular weight excluding hydrogens is 296 g/mol. The van der Waals surface area contributed by atoms with Crippen molar-refractivity contribution in [1.82, 2.24) is 0 Å². The number of carbonyl (C=O) groups is 1. The van der Waals surface area contributed by atoms with Crippen LogP contribution in [0, 0.1) is 11.3 Å². The molecule has 2 aromatic rings. The van der Waals surface area contributed by atoms with E-state index in [1.165, 1.54) is 35.6 Å². The zero-order valence-electron chi connectivity index (χ0n) is 10.5. The van der Waals surface area contributed by atoms with Gasteiger partial charge in [0.05, 0.1) is 10.5 Å². The molecule has 1 aromatic heterocycles. The Morgan fingerprint density at radius 1 is 1.25 bits per heavy atom. The minimum atomic E-state index is -3.28. The molecule has 5 nitrogen and oxygen atoms in total. The lowest BCUT2D eigenvalue weighted by Crippen LogP contribution is -2.11. The van der Waals surface area contributed by atoms with Gasteiger partial charge in [-0.3, -0.25) is 4.79 Å². The summed E-state index contributed by atoms with van der Waals surface area (Å²) in [4.78, 5) is 12.1. The maximum absolute atomic E-state index is 12.0. The largest absolute Gasteiger partial charge is 0.312 e. The third kappa shape index (κ3) is 3.04. The van der Waals surface area contributed by atoms with Gasteiger partial charge in [-0.15, -0.1) is 11.3 Å². The van der Waals surface area contributed by atoms with Gasteiger partial charge in [0, 0.05) is 11.8 Å². The second-order valence-electron chi connectivity index (χ2n) is 4.03. The number of carbonyl (C=O) groups excluding carboxylic acids is 1. The summed E-state index contributed by atoms with van der Waals surface area (Å²) >= 11 is 1.25. The predicted octanol–water partition coefficient (Wildman–Crippen LogP) is 2.28. The molecule has 0 spiro atoms. The van der Waals surface area contributed by atoms with Crippen LogP contribution in [-0.4, -0.2) is 20.6 Å². The van der Waals surface area contributed by atoms with E-state index in [9.17, 15) is 13.2 Å². The molecule has 0 aliphatic carbocycles. The SMILES string of the molecule is CS(=O)(=O)c1ccc(C(=O)Nc2sccc2C#N)cc1. The van der Waals surface area contributed by atoms with Crippen molar-refractivity contribution in [2.24, 2.45) is 0 Å². The van der Waals surface area contributed by atoms with Gasteiger partial charge in [-0.1, -0.05) is 0 Å². The summed E-state index contributed by atoms with van der Waals surface area (Å²) in [6.07, 6.45) is 1.10. The van der Waals surface area contributed by atoms with Gasteiger partial charge in [0.25, 0.3) is 5.91 Å². The van der Waals surface area contributed by atoms with E-state index in [1.807, 2.05) is 6.07 Å². The van der Waals surface area contributed by atoms with Crippen molar-refractivity contribution in [3.05, 3.63) is 46.8 Å². The molecule has 0 bridgehead atoms. The average Bonchev–Trinajstić information content (AvgIpc) is 2.85.